The number of hydrogen-bond donors (Lipinski definition) is 0. The number of benzene rings is 8. The van der Waals surface area contributed by atoms with E-state index in [-0.39, 0.29) is 5.41 Å². The number of nitrogens with zero attached hydrogens (tertiary/aromatic N) is 1. The van der Waals surface area contributed by atoms with E-state index in [1.807, 2.05) is 0 Å². The van der Waals surface area contributed by atoms with Crippen molar-refractivity contribution >= 4 is 27.8 Å². The van der Waals surface area contributed by atoms with Crippen LogP contribution in [0.1, 0.15) is 25.0 Å². The SMILES string of the molecule is CC1(C)c2cc(N(c3ccc(-c4ccccc4)cc3)c3ccc(-c4cccc5ccccc45)cc3)ccc2-c2c(-c3ccccc3)cccc21. The van der Waals surface area contributed by atoms with Gasteiger partial charge in [-0.3, -0.25) is 0 Å². The van der Waals surface area contributed by atoms with E-state index in [1.165, 1.54) is 66.4 Å². The van der Waals surface area contributed by atoms with Gasteiger partial charge in [-0.2, -0.15) is 0 Å². The van der Waals surface area contributed by atoms with Crippen molar-refractivity contribution in [2.45, 2.75) is 19.3 Å². The lowest BCUT2D eigenvalue weighted by atomic mass is 9.81. The maximum atomic E-state index is 2.42. The molecular weight excluding hydrogens is 603 g/mol. The molecule has 50 heavy (non-hydrogen) atoms. The van der Waals surface area contributed by atoms with Crippen LogP contribution < -0.4 is 4.90 Å². The van der Waals surface area contributed by atoms with Crippen molar-refractivity contribution in [3.63, 3.8) is 0 Å². The Labute approximate surface area is 294 Å². The van der Waals surface area contributed by atoms with Crippen LogP contribution in [0.3, 0.4) is 0 Å². The van der Waals surface area contributed by atoms with Crippen LogP contribution in [-0.2, 0) is 5.41 Å². The molecule has 0 aliphatic heterocycles. The lowest BCUT2D eigenvalue weighted by molar-refractivity contribution is 0.660. The van der Waals surface area contributed by atoms with E-state index in [2.05, 4.69) is 207 Å². The van der Waals surface area contributed by atoms with Gasteiger partial charge in [0.05, 0.1) is 0 Å². The largest absolute Gasteiger partial charge is 0.310 e. The Balaban J connectivity index is 1.17. The fraction of sp³-hybridized carbons (Fsp3) is 0.0612. The van der Waals surface area contributed by atoms with Gasteiger partial charge in [-0.05, 0) is 103 Å². The van der Waals surface area contributed by atoms with Gasteiger partial charge >= 0.3 is 0 Å². The van der Waals surface area contributed by atoms with E-state index in [1.54, 1.807) is 0 Å². The van der Waals surface area contributed by atoms with Gasteiger partial charge in [0.1, 0.15) is 0 Å². The van der Waals surface area contributed by atoms with Crippen LogP contribution in [0.15, 0.2) is 188 Å². The molecule has 8 aromatic carbocycles. The third-order valence-electron chi connectivity index (χ3n) is 10.5. The summed E-state index contributed by atoms with van der Waals surface area (Å²) in [5.41, 5.74) is 16.1. The quantitative estimate of drug-likeness (QED) is 0.175. The average molecular weight is 640 g/mol. The zero-order chi connectivity index (χ0) is 33.7. The van der Waals surface area contributed by atoms with Gasteiger partial charge in [-0.15, -0.1) is 0 Å². The molecule has 0 heterocycles. The van der Waals surface area contributed by atoms with Gasteiger partial charge < -0.3 is 4.90 Å². The first kappa shape index (κ1) is 29.9. The molecule has 1 aliphatic rings. The molecule has 238 valence electrons. The third-order valence-corrected chi connectivity index (χ3v) is 10.5. The Morgan fingerprint density at radius 3 is 1.60 bits per heavy atom. The second kappa shape index (κ2) is 12.1. The zero-order valence-corrected chi connectivity index (χ0v) is 28.3. The van der Waals surface area contributed by atoms with Gasteiger partial charge in [0.15, 0.2) is 0 Å². The predicted octanol–water partition coefficient (Wildman–Crippen LogP) is 13.6. The molecule has 0 atom stereocenters. The normalized spacial score (nSPS) is 12.8. The number of rotatable bonds is 6. The van der Waals surface area contributed by atoms with Crippen LogP contribution in [0.5, 0.6) is 0 Å². The molecule has 0 spiro atoms. The number of fused-ring (bicyclic) bond motifs is 4. The van der Waals surface area contributed by atoms with E-state index < -0.39 is 0 Å². The second-order valence-corrected chi connectivity index (χ2v) is 13.8. The Hall–Kier alpha value is -6.18. The summed E-state index contributed by atoms with van der Waals surface area (Å²) >= 11 is 0. The molecule has 0 saturated heterocycles. The Kier molecular flexibility index (Phi) is 7.21. The molecule has 9 rings (SSSR count). The molecule has 0 fully saturated rings. The van der Waals surface area contributed by atoms with Crippen molar-refractivity contribution in [3.05, 3.63) is 199 Å². The standard InChI is InChI=1S/C49H37N/c1-49(2)46-22-12-21-44(37-15-7-4-8-16-37)48(46)45-32-31-41(33-47(45)49)50(39-27-23-35(24-28-39)34-13-5-3-6-14-34)40-29-25-38(26-30-40)43-20-11-18-36-17-9-10-19-42(36)43/h3-33H,1-2H3. The topological polar surface area (TPSA) is 3.24 Å². The number of hydrogen-bond acceptors (Lipinski definition) is 1. The van der Waals surface area contributed by atoms with Gasteiger partial charge in [0.2, 0.25) is 0 Å². The molecule has 0 N–H and O–H groups in total. The molecule has 0 unspecified atom stereocenters. The first-order chi connectivity index (χ1) is 24.6. The summed E-state index contributed by atoms with van der Waals surface area (Å²) in [6.07, 6.45) is 0. The van der Waals surface area contributed by atoms with Gasteiger partial charge in [-0.25, -0.2) is 0 Å². The van der Waals surface area contributed by atoms with Crippen molar-refractivity contribution in [3.8, 4) is 44.5 Å². The average Bonchev–Trinajstić information content (AvgIpc) is 3.41. The summed E-state index contributed by atoms with van der Waals surface area (Å²) in [4.78, 5) is 2.40. The van der Waals surface area contributed by atoms with Crippen molar-refractivity contribution in [1.82, 2.24) is 0 Å². The smallest absolute Gasteiger partial charge is 0.0465 e. The molecule has 1 aliphatic carbocycles. The monoisotopic (exact) mass is 639 g/mol. The number of anilines is 3. The first-order valence-electron chi connectivity index (χ1n) is 17.4. The van der Waals surface area contributed by atoms with Gasteiger partial charge in [0, 0.05) is 22.5 Å². The molecule has 0 amide bonds. The highest BCUT2D eigenvalue weighted by molar-refractivity contribution is 5.97. The van der Waals surface area contributed by atoms with Gasteiger partial charge in [0.25, 0.3) is 0 Å². The highest BCUT2D eigenvalue weighted by Gasteiger charge is 2.37. The summed E-state index contributed by atoms with van der Waals surface area (Å²) in [6, 6.07) is 68.5. The molecule has 0 radical (unpaired) electrons. The minimum absolute atomic E-state index is 0.146. The fourth-order valence-corrected chi connectivity index (χ4v) is 7.92. The fourth-order valence-electron chi connectivity index (χ4n) is 7.92. The lowest BCUT2D eigenvalue weighted by Gasteiger charge is -2.28. The van der Waals surface area contributed by atoms with Crippen LogP contribution >= 0.6 is 0 Å². The van der Waals surface area contributed by atoms with E-state index in [9.17, 15) is 0 Å². The van der Waals surface area contributed by atoms with Crippen LogP contribution in [0.4, 0.5) is 17.1 Å². The Morgan fingerprint density at radius 2 is 0.880 bits per heavy atom. The van der Waals surface area contributed by atoms with E-state index in [0.717, 1.165) is 17.1 Å². The maximum absolute atomic E-state index is 2.42. The van der Waals surface area contributed by atoms with E-state index >= 15 is 0 Å². The highest BCUT2D eigenvalue weighted by atomic mass is 15.1. The van der Waals surface area contributed by atoms with Crippen LogP contribution in [0.25, 0.3) is 55.3 Å². The van der Waals surface area contributed by atoms with E-state index in [0.29, 0.717) is 0 Å². The lowest BCUT2D eigenvalue weighted by Crippen LogP contribution is -2.16. The van der Waals surface area contributed by atoms with Crippen LogP contribution in [-0.4, -0.2) is 0 Å². The molecule has 8 aromatic rings. The molecule has 0 saturated carbocycles. The van der Waals surface area contributed by atoms with Gasteiger partial charge in [-0.1, -0.05) is 166 Å². The first-order valence-corrected chi connectivity index (χ1v) is 17.4. The van der Waals surface area contributed by atoms with E-state index in [4.69, 9.17) is 0 Å². The maximum Gasteiger partial charge on any atom is 0.0465 e. The molecule has 1 nitrogen and oxygen atoms in total. The Bertz CT molecular complexity index is 2470. The van der Waals surface area contributed by atoms with Crippen molar-refractivity contribution in [2.24, 2.45) is 0 Å². The van der Waals surface area contributed by atoms with Crippen LogP contribution in [0, 0.1) is 0 Å². The van der Waals surface area contributed by atoms with Crippen molar-refractivity contribution in [1.29, 1.82) is 0 Å². The molecular formula is C49H37N. The summed E-state index contributed by atoms with van der Waals surface area (Å²) in [7, 11) is 0. The predicted molar refractivity (Wildman–Crippen MR) is 213 cm³/mol. The van der Waals surface area contributed by atoms with Crippen molar-refractivity contribution in [2.75, 3.05) is 4.90 Å². The van der Waals surface area contributed by atoms with Crippen LogP contribution in [0.2, 0.25) is 0 Å². The third kappa shape index (κ3) is 5.02. The molecule has 0 aromatic heterocycles. The summed E-state index contributed by atoms with van der Waals surface area (Å²) in [5.74, 6) is 0. The van der Waals surface area contributed by atoms with Crippen molar-refractivity contribution < 1.29 is 0 Å². The molecule has 0 bridgehead atoms. The molecule has 1 heteroatoms. The Morgan fingerprint density at radius 1 is 0.360 bits per heavy atom. The second-order valence-electron chi connectivity index (χ2n) is 13.8. The zero-order valence-electron chi connectivity index (χ0n) is 28.3. The summed E-state index contributed by atoms with van der Waals surface area (Å²) < 4.78 is 0. The summed E-state index contributed by atoms with van der Waals surface area (Å²) in [5, 5.41) is 2.53. The minimum Gasteiger partial charge on any atom is -0.310 e. The minimum atomic E-state index is -0.146. The summed E-state index contributed by atoms with van der Waals surface area (Å²) in [6.45, 7) is 4.74. The highest BCUT2D eigenvalue weighted by Crippen LogP contribution is 2.53.